The molecule has 1 heterocycles. The molecule has 1 aliphatic rings. The summed E-state index contributed by atoms with van der Waals surface area (Å²) in [6.07, 6.45) is 5.42. The van der Waals surface area contributed by atoms with E-state index in [2.05, 4.69) is 4.98 Å². The van der Waals surface area contributed by atoms with Gasteiger partial charge in [0.25, 0.3) is 0 Å². The van der Waals surface area contributed by atoms with Crippen LogP contribution in [0.1, 0.15) is 36.2 Å². The number of Topliss-reactive ketones (excluding diaryl/α,β-unsaturated/α-hetero) is 1. The van der Waals surface area contributed by atoms with Crippen molar-refractivity contribution in [2.24, 2.45) is 11.7 Å². The van der Waals surface area contributed by atoms with Crippen LogP contribution in [0.3, 0.4) is 0 Å². The van der Waals surface area contributed by atoms with Gasteiger partial charge >= 0.3 is 0 Å². The van der Waals surface area contributed by atoms with E-state index >= 15 is 0 Å². The van der Waals surface area contributed by atoms with Crippen LogP contribution in [0.4, 0.5) is 0 Å². The predicted octanol–water partition coefficient (Wildman–Crippen LogP) is 1.78. The summed E-state index contributed by atoms with van der Waals surface area (Å²) in [4.78, 5) is 16.1. The lowest BCUT2D eigenvalue weighted by atomic mass is 9.83. The van der Waals surface area contributed by atoms with Gasteiger partial charge in [-0.15, -0.1) is 0 Å². The number of hydrogen-bond donors (Lipinski definition) is 1. The van der Waals surface area contributed by atoms with Gasteiger partial charge in [-0.05, 0) is 37.8 Å². The van der Waals surface area contributed by atoms with E-state index < -0.39 is 0 Å². The van der Waals surface area contributed by atoms with Crippen LogP contribution >= 0.6 is 0 Å². The van der Waals surface area contributed by atoms with Gasteiger partial charge in [-0.1, -0.05) is 6.07 Å². The number of pyridine rings is 1. The van der Waals surface area contributed by atoms with E-state index in [0.717, 1.165) is 25.7 Å². The minimum atomic E-state index is 0.139. The molecule has 0 aromatic carbocycles. The summed E-state index contributed by atoms with van der Waals surface area (Å²) in [5, 5.41) is 0. The van der Waals surface area contributed by atoms with Crippen molar-refractivity contribution in [3.63, 3.8) is 0 Å². The second-order valence-corrected chi connectivity index (χ2v) is 4.19. The highest BCUT2D eigenvalue weighted by molar-refractivity contribution is 5.96. The number of carbonyl (C=O) groups excluding carboxylic acids is 1. The van der Waals surface area contributed by atoms with Crippen LogP contribution in [0.2, 0.25) is 0 Å². The molecule has 1 aromatic rings. The van der Waals surface area contributed by atoms with Crippen LogP contribution in [0.5, 0.6) is 0 Å². The molecule has 0 unspecified atom stereocenters. The Labute approximate surface area is 89.7 Å². The summed E-state index contributed by atoms with van der Waals surface area (Å²) in [6, 6.07) is 5.76. The maximum absolute atomic E-state index is 12.0. The summed E-state index contributed by atoms with van der Waals surface area (Å²) in [7, 11) is 0. The maximum Gasteiger partial charge on any atom is 0.184 e. The van der Waals surface area contributed by atoms with Gasteiger partial charge in [-0.2, -0.15) is 0 Å². The first-order valence-corrected chi connectivity index (χ1v) is 5.48. The standard InChI is InChI=1S/C12H16N2O/c13-10-6-4-9(5-7-10)12(15)11-3-1-2-8-14-11/h1-3,8-10H,4-7,13H2/t9-,10-. The molecule has 0 radical (unpaired) electrons. The molecule has 0 aliphatic heterocycles. The summed E-state index contributed by atoms with van der Waals surface area (Å²) < 4.78 is 0. The van der Waals surface area contributed by atoms with Gasteiger partial charge in [0.15, 0.2) is 5.78 Å². The molecule has 0 saturated heterocycles. The molecular formula is C12H16N2O. The third-order valence-electron chi connectivity index (χ3n) is 3.06. The van der Waals surface area contributed by atoms with Crippen LogP contribution in [0.15, 0.2) is 24.4 Å². The Morgan fingerprint density at radius 1 is 1.27 bits per heavy atom. The summed E-state index contributed by atoms with van der Waals surface area (Å²) in [5.74, 6) is 0.321. The molecule has 0 atom stereocenters. The lowest BCUT2D eigenvalue weighted by Gasteiger charge is -2.24. The highest BCUT2D eigenvalue weighted by atomic mass is 16.1. The molecule has 1 aliphatic carbocycles. The predicted molar refractivity (Wildman–Crippen MR) is 58.5 cm³/mol. The van der Waals surface area contributed by atoms with Crippen molar-refractivity contribution in [1.29, 1.82) is 0 Å². The highest BCUT2D eigenvalue weighted by Crippen LogP contribution is 2.25. The number of nitrogens with two attached hydrogens (primary N) is 1. The molecule has 0 spiro atoms. The van der Waals surface area contributed by atoms with Crippen LogP contribution in [-0.4, -0.2) is 16.8 Å². The number of carbonyl (C=O) groups is 1. The molecule has 0 amide bonds. The van der Waals surface area contributed by atoms with Crippen molar-refractivity contribution < 1.29 is 4.79 Å². The quantitative estimate of drug-likeness (QED) is 0.747. The van der Waals surface area contributed by atoms with Gasteiger partial charge in [-0.3, -0.25) is 9.78 Å². The molecule has 1 aromatic heterocycles. The van der Waals surface area contributed by atoms with E-state index in [-0.39, 0.29) is 17.7 Å². The fourth-order valence-electron chi connectivity index (χ4n) is 2.10. The lowest BCUT2D eigenvalue weighted by Crippen LogP contribution is -2.30. The zero-order chi connectivity index (χ0) is 10.7. The average Bonchev–Trinajstić information content (AvgIpc) is 2.30. The second kappa shape index (κ2) is 4.53. The van der Waals surface area contributed by atoms with Gasteiger partial charge < -0.3 is 5.73 Å². The van der Waals surface area contributed by atoms with Crippen molar-refractivity contribution in [3.8, 4) is 0 Å². The Balaban J connectivity index is 2.03. The van der Waals surface area contributed by atoms with Gasteiger partial charge in [0, 0.05) is 18.2 Å². The van der Waals surface area contributed by atoms with E-state index in [1.54, 1.807) is 12.3 Å². The lowest BCUT2D eigenvalue weighted by molar-refractivity contribution is 0.0879. The maximum atomic E-state index is 12.0. The van der Waals surface area contributed by atoms with Gasteiger partial charge in [0.05, 0.1) is 0 Å². The molecule has 0 bridgehead atoms. The average molecular weight is 204 g/mol. The third-order valence-corrected chi connectivity index (χ3v) is 3.06. The van der Waals surface area contributed by atoms with Crippen LogP contribution in [0, 0.1) is 5.92 Å². The number of aromatic nitrogens is 1. The van der Waals surface area contributed by atoms with Crippen LogP contribution < -0.4 is 5.73 Å². The van der Waals surface area contributed by atoms with Crippen molar-refractivity contribution in [1.82, 2.24) is 4.98 Å². The van der Waals surface area contributed by atoms with Gasteiger partial charge in [0.1, 0.15) is 5.69 Å². The van der Waals surface area contributed by atoms with Crippen molar-refractivity contribution in [2.75, 3.05) is 0 Å². The SMILES string of the molecule is N[C@H]1CC[C@H](C(=O)c2ccccn2)CC1. The van der Waals surface area contributed by atoms with E-state index in [1.165, 1.54) is 0 Å². The fourth-order valence-corrected chi connectivity index (χ4v) is 2.10. The molecular weight excluding hydrogens is 188 g/mol. The minimum absolute atomic E-state index is 0.139. The molecule has 15 heavy (non-hydrogen) atoms. The molecule has 3 heteroatoms. The summed E-state index contributed by atoms with van der Waals surface area (Å²) >= 11 is 0. The van der Waals surface area contributed by atoms with Crippen molar-refractivity contribution >= 4 is 5.78 Å². The first kappa shape index (κ1) is 10.3. The number of hydrogen-bond acceptors (Lipinski definition) is 3. The Morgan fingerprint density at radius 3 is 2.60 bits per heavy atom. The smallest absolute Gasteiger partial charge is 0.184 e. The number of ketones is 1. The highest BCUT2D eigenvalue weighted by Gasteiger charge is 2.25. The van der Waals surface area contributed by atoms with Crippen LogP contribution in [0.25, 0.3) is 0 Å². The van der Waals surface area contributed by atoms with Gasteiger partial charge in [0.2, 0.25) is 0 Å². The van der Waals surface area contributed by atoms with E-state index in [4.69, 9.17) is 5.73 Å². The summed E-state index contributed by atoms with van der Waals surface area (Å²) in [6.45, 7) is 0. The van der Waals surface area contributed by atoms with Crippen LogP contribution in [-0.2, 0) is 0 Å². The van der Waals surface area contributed by atoms with Crippen molar-refractivity contribution in [3.05, 3.63) is 30.1 Å². The Hall–Kier alpha value is -1.22. The molecule has 1 fully saturated rings. The minimum Gasteiger partial charge on any atom is -0.328 e. The number of nitrogens with zero attached hydrogens (tertiary/aromatic N) is 1. The van der Waals surface area contributed by atoms with E-state index in [1.807, 2.05) is 12.1 Å². The zero-order valence-corrected chi connectivity index (χ0v) is 8.73. The van der Waals surface area contributed by atoms with Gasteiger partial charge in [-0.25, -0.2) is 0 Å². The Bertz CT molecular complexity index is 329. The van der Waals surface area contributed by atoms with Crippen molar-refractivity contribution in [2.45, 2.75) is 31.7 Å². The normalized spacial score (nSPS) is 26.2. The Kier molecular flexibility index (Phi) is 3.11. The monoisotopic (exact) mass is 204 g/mol. The Morgan fingerprint density at radius 2 is 2.00 bits per heavy atom. The molecule has 1 saturated carbocycles. The van der Waals surface area contributed by atoms with E-state index in [9.17, 15) is 4.79 Å². The third kappa shape index (κ3) is 2.42. The topological polar surface area (TPSA) is 56.0 Å². The molecule has 3 nitrogen and oxygen atoms in total. The number of rotatable bonds is 2. The largest absolute Gasteiger partial charge is 0.328 e. The zero-order valence-electron chi connectivity index (χ0n) is 8.73. The molecule has 2 N–H and O–H groups in total. The second-order valence-electron chi connectivity index (χ2n) is 4.19. The fraction of sp³-hybridized carbons (Fsp3) is 0.500. The first-order valence-electron chi connectivity index (χ1n) is 5.48. The first-order chi connectivity index (χ1) is 7.27. The molecule has 80 valence electrons. The molecule has 2 rings (SSSR count). The summed E-state index contributed by atoms with van der Waals surface area (Å²) in [5.41, 5.74) is 6.40. The van der Waals surface area contributed by atoms with E-state index in [0.29, 0.717) is 5.69 Å².